The summed E-state index contributed by atoms with van der Waals surface area (Å²) in [4.78, 5) is 22.6. The smallest absolute Gasteiger partial charge is 0.307 e. The zero-order valence-electron chi connectivity index (χ0n) is 19.5. The molecule has 0 unspecified atom stereocenters. The zero-order valence-corrected chi connectivity index (χ0v) is 20.3. The molecule has 2 heterocycles. The minimum absolute atomic E-state index is 0.0530. The highest BCUT2D eigenvalue weighted by atomic mass is 32.1. The van der Waals surface area contributed by atoms with Crippen molar-refractivity contribution in [2.45, 2.75) is 37.5 Å². The van der Waals surface area contributed by atoms with Gasteiger partial charge in [0.25, 0.3) is 0 Å². The van der Waals surface area contributed by atoms with Crippen molar-refractivity contribution in [2.24, 2.45) is 0 Å². The monoisotopic (exact) mass is 492 g/mol. The molecule has 0 bridgehead atoms. The molecule has 6 rings (SSSR count). The van der Waals surface area contributed by atoms with Crippen LogP contribution in [0, 0.1) is 11.3 Å². The van der Waals surface area contributed by atoms with Crippen LogP contribution in [0.5, 0.6) is 5.88 Å². The molecule has 3 aromatic carbocycles. The number of hydrogen-bond donors (Lipinski definition) is 3. The average Bonchev–Trinajstić information content (AvgIpc) is 3.50. The SMILES string of the molecule is N#Cc1ccc2nc(-c3ccc(-c4ccc(C5CCC(c6sc(=O)[nH]c6O)CC5)cc4)cc3)[nH]c2c1. The van der Waals surface area contributed by atoms with E-state index in [1.807, 2.05) is 12.1 Å². The first kappa shape index (κ1) is 22.3. The maximum Gasteiger partial charge on any atom is 0.307 e. The van der Waals surface area contributed by atoms with E-state index in [0.717, 1.165) is 69.9 Å². The van der Waals surface area contributed by atoms with Gasteiger partial charge in [-0.3, -0.25) is 9.78 Å². The Balaban J connectivity index is 1.14. The van der Waals surface area contributed by atoms with Crippen molar-refractivity contribution in [1.29, 1.82) is 5.26 Å². The van der Waals surface area contributed by atoms with Gasteiger partial charge in [-0.15, -0.1) is 0 Å². The topological polar surface area (TPSA) is 106 Å². The Morgan fingerprint density at radius 3 is 2.14 bits per heavy atom. The molecule has 178 valence electrons. The van der Waals surface area contributed by atoms with Crippen LogP contribution in [0.15, 0.2) is 71.5 Å². The second kappa shape index (κ2) is 9.14. The summed E-state index contributed by atoms with van der Waals surface area (Å²) in [6.07, 6.45) is 4.07. The minimum Gasteiger partial charge on any atom is -0.494 e. The third kappa shape index (κ3) is 4.21. The minimum atomic E-state index is -0.181. The van der Waals surface area contributed by atoms with Crippen LogP contribution >= 0.6 is 11.3 Å². The van der Waals surface area contributed by atoms with Gasteiger partial charge < -0.3 is 10.1 Å². The fraction of sp³-hybridized carbons (Fsp3) is 0.207. The van der Waals surface area contributed by atoms with Gasteiger partial charge in [0.15, 0.2) is 0 Å². The van der Waals surface area contributed by atoms with E-state index in [0.29, 0.717) is 11.5 Å². The van der Waals surface area contributed by atoms with E-state index < -0.39 is 0 Å². The van der Waals surface area contributed by atoms with Gasteiger partial charge in [-0.25, -0.2) is 4.98 Å². The lowest BCUT2D eigenvalue weighted by Crippen LogP contribution is -2.11. The molecule has 6 nitrogen and oxygen atoms in total. The first-order valence-electron chi connectivity index (χ1n) is 12.1. The summed E-state index contributed by atoms with van der Waals surface area (Å²) in [6.45, 7) is 0. The normalized spacial score (nSPS) is 17.8. The lowest BCUT2D eigenvalue weighted by molar-refractivity contribution is 0.382. The van der Waals surface area contributed by atoms with Crippen LogP contribution < -0.4 is 4.87 Å². The number of fused-ring (bicyclic) bond motifs is 1. The summed E-state index contributed by atoms with van der Waals surface area (Å²) >= 11 is 1.14. The van der Waals surface area contributed by atoms with E-state index in [9.17, 15) is 9.90 Å². The van der Waals surface area contributed by atoms with Crippen LogP contribution in [0.2, 0.25) is 0 Å². The number of H-pyrrole nitrogens is 2. The summed E-state index contributed by atoms with van der Waals surface area (Å²) in [5.74, 6) is 1.61. The third-order valence-electron chi connectivity index (χ3n) is 7.24. The summed E-state index contributed by atoms with van der Waals surface area (Å²) in [6, 6.07) is 24.8. The van der Waals surface area contributed by atoms with Gasteiger partial charge in [0, 0.05) is 5.56 Å². The molecule has 0 atom stereocenters. The number of nitrogens with one attached hydrogen (secondary N) is 2. The van der Waals surface area contributed by atoms with Crippen LogP contribution in [-0.4, -0.2) is 20.1 Å². The maximum absolute atomic E-state index is 11.5. The number of aromatic nitrogens is 3. The standard InChI is InChI=1S/C29H24N4O2S/c30-16-17-1-14-24-25(15-17)32-27(31-24)23-12-8-21(9-13-23)19-4-2-18(3-5-19)20-6-10-22(11-7-20)26-28(34)33-29(35)36-26/h1-5,8-9,12-15,20,22,34H,6-7,10-11H2,(H,31,32)(H,33,35). The van der Waals surface area contributed by atoms with Gasteiger partial charge >= 0.3 is 4.87 Å². The predicted molar refractivity (Wildman–Crippen MR) is 142 cm³/mol. The molecule has 5 aromatic rings. The Kier molecular flexibility index (Phi) is 5.67. The second-order valence-corrected chi connectivity index (χ2v) is 10.4. The molecule has 1 saturated carbocycles. The second-order valence-electron chi connectivity index (χ2n) is 9.40. The molecule has 0 radical (unpaired) electrons. The quantitative estimate of drug-likeness (QED) is 0.261. The van der Waals surface area contributed by atoms with Crippen LogP contribution in [0.4, 0.5) is 0 Å². The highest BCUT2D eigenvalue weighted by molar-refractivity contribution is 7.09. The molecule has 3 N–H and O–H groups in total. The summed E-state index contributed by atoms with van der Waals surface area (Å²) in [5.41, 5.74) is 6.98. The Morgan fingerprint density at radius 2 is 1.50 bits per heavy atom. The highest BCUT2D eigenvalue weighted by Crippen LogP contribution is 2.43. The highest BCUT2D eigenvalue weighted by Gasteiger charge is 2.27. The summed E-state index contributed by atoms with van der Waals surface area (Å²) < 4.78 is 0. The molecule has 1 fully saturated rings. The van der Waals surface area contributed by atoms with Gasteiger partial charge in [0.2, 0.25) is 5.88 Å². The number of thiazole rings is 1. The van der Waals surface area contributed by atoms with E-state index in [-0.39, 0.29) is 16.7 Å². The molecule has 2 aromatic heterocycles. The molecule has 0 amide bonds. The number of nitriles is 1. The van der Waals surface area contributed by atoms with E-state index in [1.54, 1.807) is 6.07 Å². The Bertz CT molecular complexity index is 1630. The fourth-order valence-corrected chi connectivity index (χ4v) is 6.18. The molecule has 36 heavy (non-hydrogen) atoms. The van der Waals surface area contributed by atoms with Gasteiger partial charge in [-0.05, 0) is 72.4 Å². The Morgan fingerprint density at radius 1 is 0.861 bits per heavy atom. The number of aromatic hydroxyl groups is 1. The molecule has 0 aliphatic heterocycles. The molecule has 7 heteroatoms. The molecule has 0 spiro atoms. The Hall–Kier alpha value is -4.15. The average molecular weight is 493 g/mol. The number of aromatic amines is 2. The van der Waals surface area contributed by atoms with E-state index in [4.69, 9.17) is 5.26 Å². The van der Waals surface area contributed by atoms with Crippen molar-refractivity contribution < 1.29 is 5.11 Å². The first-order valence-corrected chi connectivity index (χ1v) is 12.9. The molecular weight excluding hydrogens is 468 g/mol. The lowest BCUT2D eigenvalue weighted by atomic mass is 9.78. The van der Waals surface area contributed by atoms with Crippen molar-refractivity contribution in [1.82, 2.24) is 15.0 Å². The van der Waals surface area contributed by atoms with Gasteiger partial charge in [-0.2, -0.15) is 5.26 Å². The van der Waals surface area contributed by atoms with Gasteiger partial charge in [0.1, 0.15) is 5.82 Å². The maximum atomic E-state index is 11.5. The number of rotatable bonds is 4. The van der Waals surface area contributed by atoms with Crippen LogP contribution in [0.3, 0.4) is 0 Å². The fourth-order valence-electron chi connectivity index (χ4n) is 5.28. The van der Waals surface area contributed by atoms with Crippen molar-refractivity contribution in [3.05, 3.63) is 92.4 Å². The number of hydrogen-bond acceptors (Lipinski definition) is 5. The largest absolute Gasteiger partial charge is 0.494 e. The van der Waals surface area contributed by atoms with Crippen LogP contribution in [-0.2, 0) is 0 Å². The van der Waals surface area contributed by atoms with Crippen molar-refractivity contribution >= 4 is 22.4 Å². The van der Waals surface area contributed by atoms with Crippen molar-refractivity contribution in [3.63, 3.8) is 0 Å². The van der Waals surface area contributed by atoms with Crippen molar-refractivity contribution in [2.75, 3.05) is 0 Å². The molecular formula is C29H24N4O2S. The molecule has 1 aliphatic rings. The van der Waals surface area contributed by atoms with Gasteiger partial charge in [0.05, 0.1) is 27.5 Å². The van der Waals surface area contributed by atoms with Gasteiger partial charge in [-0.1, -0.05) is 59.9 Å². The number of imidazole rings is 1. The third-order valence-corrected chi connectivity index (χ3v) is 8.27. The lowest BCUT2D eigenvalue weighted by Gasteiger charge is -2.28. The summed E-state index contributed by atoms with van der Waals surface area (Å²) in [7, 11) is 0. The van der Waals surface area contributed by atoms with E-state index >= 15 is 0 Å². The number of nitrogens with zero attached hydrogens (tertiary/aromatic N) is 2. The summed E-state index contributed by atoms with van der Waals surface area (Å²) in [5, 5.41) is 19.1. The van der Waals surface area contributed by atoms with Crippen LogP contribution in [0.25, 0.3) is 33.5 Å². The molecule has 1 aliphatic carbocycles. The van der Waals surface area contributed by atoms with Crippen molar-refractivity contribution in [3.8, 4) is 34.5 Å². The van der Waals surface area contributed by atoms with Crippen LogP contribution in [0.1, 0.15) is 53.5 Å². The Labute approximate surface area is 211 Å². The van der Waals surface area contributed by atoms with E-state index in [2.05, 4.69) is 69.6 Å². The molecule has 0 saturated heterocycles. The zero-order chi connectivity index (χ0) is 24.6. The number of benzene rings is 3. The first-order chi connectivity index (χ1) is 17.6. The predicted octanol–water partition coefficient (Wildman–Crippen LogP) is 6.67. The van der Waals surface area contributed by atoms with E-state index in [1.165, 1.54) is 11.1 Å².